The molecule has 1 aliphatic carbocycles. The van der Waals surface area contributed by atoms with Gasteiger partial charge in [0.15, 0.2) is 6.61 Å². The maximum absolute atomic E-state index is 12.9. The number of carbonyl (C=O) groups excluding carboxylic acids is 4. The van der Waals surface area contributed by atoms with Gasteiger partial charge in [0.25, 0.3) is 5.91 Å². The molecular formula is C26H26N2O5. The molecule has 0 radical (unpaired) electrons. The number of anilines is 2. The predicted molar refractivity (Wildman–Crippen MR) is 124 cm³/mol. The summed E-state index contributed by atoms with van der Waals surface area (Å²) in [6.45, 7) is 5.37. The molecule has 33 heavy (non-hydrogen) atoms. The summed E-state index contributed by atoms with van der Waals surface area (Å²) in [5.41, 5.74) is 3.32. The molecule has 7 heteroatoms. The fourth-order valence-corrected chi connectivity index (χ4v) is 4.50. The number of imide groups is 1. The first-order valence-corrected chi connectivity index (χ1v) is 10.9. The van der Waals surface area contributed by atoms with Crippen LogP contribution in [0.25, 0.3) is 0 Å². The number of nitrogens with zero attached hydrogens (tertiary/aromatic N) is 1. The number of allylic oxidation sites excluding steroid dienone is 2. The highest BCUT2D eigenvalue weighted by molar-refractivity contribution is 6.22. The number of nitrogens with one attached hydrogen (secondary N) is 1. The van der Waals surface area contributed by atoms with Crippen LogP contribution in [0.2, 0.25) is 0 Å². The summed E-state index contributed by atoms with van der Waals surface area (Å²) in [6, 6.07) is 11.7. The Bertz CT molecular complexity index is 1150. The SMILES string of the molecule is Cc1ccc(NC(=O)COC(=O)c2ccc(N3C(=O)[C@H]4[C@H](C)C=CC[C@H]4C3=O)cc2)c(C)c1. The first-order valence-electron chi connectivity index (χ1n) is 10.9. The van der Waals surface area contributed by atoms with Crippen molar-refractivity contribution in [1.29, 1.82) is 0 Å². The molecule has 2 aromatic carbocycles. The van der Waals surface area contributed by atoms with E-state index in [1.165, 1.54) is 17.0 Å². The second-order valence-corrected chi connectivity index (χ2v) is 8.66. The van der Waals surface area contributed by atoms with Crippen LogP contribution in [0.4, 0.5) is 11.4 Å². The molecule has 2 aliphatic rings. The lowest BCUT2D eigenvalue weighted by molar-refractivity contribution is -0.123. The quantitative estimate of drug-likeness (QED) is 0.428. The maximum Gasteiger partial charge on any atom is 0.338 e. The van der Waals surface area contributed by atoms with E-state index in [1.54, 1.807) is 18.2 Å². The Morgan fingerprint density at radius 1 is 1.06 bits per heavy atom. The number of benzene rings is 2. The minimum atomic E-state index is -0.664. The number of amides is 3. The van der Waals surface area contributed by atoms with E-state index in [0.29, 0.717) is 17.8 Å². The third-order valence-electron chi connectivity index (χ3n) is 6.22. The maximum atomic E-state index is 12.9. The lowest BCUT2D eigenvalue weighted by Gasteiger charge is -2.22. The van der Waals surface area contributed by atoms with E-state index in [2.05, 4.69) is 5.32 Å². The van der Waals surface area contributed by atoms with E-state index in [4.69, 9.17) is 4.74 Å². The Morgan fingerprint density at radius 2 is 1.79 bits per heavy atom. The van der Waals surface area contributed by atoms with E-state index < -0.39 is 18.5 Å². The van der Waals surface area contributed by atoms with Gasteiger partial charge in [-0.05, 0) is 62.1 Å². The van der Waals surface area contributed by atoms with Crippen molar-refractivity contribution in [2.75, 3.05) is 16.8 Å². The van der Waals surface area contributed by atoms with Gasteiger partial charge < -0.3 is 10.1 Å². The second-order valence-electron chi connectivity index (χ2n) is 8.66. The third kappa shape index (κ3) is 4.44. The molecule has 0 unspecified atom stereocenters. The third-order valence-corrected chi connectivity index (χ3v) is 6.22. The van der Waals surface area contributed by atoms with Crippen molar-refractivity contribution in [1.82, 2.24) is 0 Å². The molecule has 3 atom stereocenters. The number of aryl methyl sites for hydroxylation is 2. The number of rotatable bonds is 5. The van der Waals surface area contributed by atoms with Crippen molar-refractivity contribution in [3.8, 4) is 0 Å². The number of hydrogen-bond donors (Lipinski definition) is 1. The molecule has 3 amide bonds. The molecule has 1 heterocycles. The van der Waals surface area contributed by atoms with Gasteiger partial charge in [0.2, 0.25) is 11.8 Å². The zero-order chi connectivity index (χ0) is 23.7. The summed E-state index contributed by atoms with van der Waals surface area (Å²) in [5.74, 6) is -2.19. The average Bonchev–Trinajstić information content (AvgIpc) is 3.05. The zero-order valence-electron chi connectivity index (χ0n) is 18.8. The fourth-order valence-electron chi connectivity index (χ4n) is 4.50. The van der Waals surface area contributed by atoms with Crippen LogP contribution in [0.15, 0.2) is 54.6 Å². The van der Waals surface area contributed by atoms with Crippen molar-refractivity contribution in [2.24, 2.45) is 17.8 Å². The van der Waals surface area contributed by atoms with Crippen LogP contribution >= 0.6 is 0 Å². The van der Waals surface area contributed by atoms with Crippen molar-refractivity contribution in [2.45, 2.75) is 27.2 Å². The summed E-state index contributed by atoms with van der Waals surface area (Å²) >= 11 is 0. The molecule has 1 aliphatic heterocycles. The normalized spacial score (nSPS) is 21.7. The molecule has 7 nitrogen and oxygen atoms in total. The van der Waals surface area contributed by atoms with Crippen molar-refractivity contribution < 1.29 is 23.9 Å². The van der Waals surface area contributed by atoms with Gasteiger partial charge in [0.1, 0.15) is 0 Å². The number of esters is 1. The Hall–Kier alpha value is -3.74. The molecule has 0 bridgehead atoms. The molecule has 1 N–H and O–H groups in total. The largest absolute Gasteiger partial charge is 0.452 e. The van der Waals surface area contributed by atoms with Crippen LogP contribution < -0.4 is 10.2 Å². The summed E-state index contributed by atoms with van der Waals surface area (Å²) < 4.78 is 5.12. The second kappa shape index (κ2) is 9.02. The Morgan fingerprint density at radius 3 is 2.45 bits per heavy atom. The summed E-state index contributed by atoms with van der Waals surface area (Å²) in [6.07, 6.45) is 4.49. The van der Waals surface area contributed by atoms with Crippen molar-refractivity contribution >= 4 is 35.1 Å². The van der Waals surface area contributed by atoms with E-state index in [-0.39, 0.29) is 35.1 Å². The van der Waals surface area contributed by atoms with Gasteiger partial charge in [-0.2, -0.15) is 0 Å². The van der Waals surface area contributed by atoms with Crippen LogP contribution in [-0.2, 0) is 19.1 Å². The predicted octanol–water partition coefficient (Wildman–Crippen LogP) is 3.80. The molecule has 0 aromatic heterocycles. The zero-order valence-corrected chi connectivity index (χ0v) is 18.8. The van der Waals surface area contributed by atoms with Gasteiger partial charge >= 0.3 is 5.97 Å². The Balaban J connectivity index is 1.37. The molecule has 4 rings (SSSR count). The highest BCUT2D eigenvalue weighted by Crippen LogP contribution is 2.40. The molecule has 170 valence electrons. The Labute approximate surface area is 192 Å². The standard InChI is InChI=1S/C26H26N2O5/c1-15-7-12-21(17(3)13-15)27-22(29)14-33-26(32)18-8-10-19(11-9-18)28-24(30)20-6-4-5-16(2)23(20)25(28)31/h4-5,7-13,16,20,23H,6,14H2,1-3H3,(H,27,29)/t16-,20-,23+/m1/s1. The first kappa shape index (κ1) is 22.5. The van der Waals surface area contributed by atoms with E-state index >= 15 is 0 Å². The first-order chi connectivity index (χ1) is 15.8. The molecule has 0 spiro atoms. The number of carbonyl (C=O) groups is 4. The van der Waals surface area contributed by atoms with Gasteiger partial charge in [-0.25, -0.2) is 4.79 Å². The summed E-state index contributed by atoms with van der Waals surface area (Å²) in [5, 5.41) is 2.73. The summed E-state index contributed by atoms with van der Waals surface area (Å²) in [7, 11) is 0. The van der Waals surface area contributed by atoms with Gasteiger partial charge in [-0.1, -0.05) is 36.8 Å². The van der Waals surface area contributed by atoms with Gasteiger partial charge in [-0.15, -0.1) is 0 Å². The van der Waals surface area contributed by atoms with Crippen molar-refractivity contribution in [3.05, 3.63) is 71.3 Å². The van der Waals surface area contributed by atoms with E-state index in [0.717, 1.165) is 11.1 Å². The lowest BCUT2D eigenvalue weighted by atomic mass is 9.78. The topological polar surface area (TPSA) is 92.8 Å². The van der Waals surface area contributed by atoms with Crippen LogP contribution in [0, 0.1) is 31.6 Å². The smallest absolute Gasteiger partial charge is 0.338 e. The lowest BCUT2D eigenvalue weighted by Crippen LogP contribution is -2.31. The molecule has 2 aromatic rings. The van der Waals surface area contributed by atoms with Crippen LogP contribution in [0.5, 0.6) is 0 Å². The van der Waals surface area contributed by atoms with Crippen molar-refractivity contribution in [3.63, 3.8) is 0 Å². The molecule has 1 fully saturated rings. The number of fused-ring (bicyclic) bond motifs is 1. The van der Waals surface area contributed by atoms with Gasteiger partial charge in [0, 0.05) is 5.69 Å². The fraction of sp³-hybridized carbons (Fsp3) is 0.308. The minimum Gasteiger partial charge on any atom is -0.452 e. The summed E-state index contributed by atoms with van der Waals surface area (Å²) in [4.78, 5) is 51.4. The minimum absolute atomic E-state index is 0.00861. The van der Waals surface area contributed by atoms with Gasteiger partial charge in [0.05, 0.1) is 23.1 Å². The highest BCUT2D eigenvalue weighted by Gasteiger charge is 2.50. The van der Waals surface area contributed by atoms with E-state index in [9.17, 15) is 19.2 Å². The van der Waals surface area contributed by atoms with Crippen LogP contribution in [0.1, 0.15) is 34.8 Å². The molecule has 0 saturated carbocycles. The molecule has 1 saturated heterocycles. The highest BCUT2D eigenvalue weighted by atomic mass is 16.5. The number of ether oxygens (including phenoxy) is 1. The average molecular weight is 447 g/mol. The Kier molecular flexibility index (Phi) is 6.14. The number of hydrogen-bond acceptors (Lipinski definition) is 5. The van der Waals surface area contributed by atoms with Gasteiger partial charge in [-0.3, -0.25) is 19.3 Å². The molecular weight excluding hydrogens is 420 g/mol. The van der Waals surface area contributed by atoms with Crippen LogP contribution in [0.3, 0.4) is 0 Å². The monoisotopic (exact) mass is 446 g/mol. The van der Waals surface area contributed by atoms with E-state index in [1.807, 2.05) is 45.1 Å². The van der Waals surface area contributed by atoms with Crippen LogP contribution in [-0.4, -0.2) is 30.3 Å².